The summed E-state index contributed by atoms with van der Waals surface area (Å²) in [6.07, 6.45) is 6.52. The van der Waals surface area contributed by atoms with E-state index in [-0.39, 0.29) is 80.8 Å². The Balaban J connectivity index is 1.18. The van der Waals surface area contributed by atoms with Crippen LogP contribution < -0.4 is 0 Å². The maximum absolute atomic E-state index is 12.9. The Morgan fingerprint density at radius 2 is 1.58 bits per heavy atom. The Labute approximate surface area is 269 Å². The largest absolute Gasteiger partial charge is 0.462 e. The maximum atomic E-state index is 12.9. The van der Waals surface area contributed by atoms with Crippen LogP contribution in [-0.2, 0) is 28.5 Å². The van der Waals surface area contributed by atoms with Gasteiger partial charge in [0.15, 0.2) is 12.4 Å². The van der Waals surface area contributed by atoms with Crippen LogP contribution in [0.25, 0.3) is 0 Å². The lowest BCUT2D eigenvalue weighted by molar-refractivity contribution is -0.253. The van der Waals surface area contributed by atoms with Crippen LogP contribution in [0.5, 0.6) is 0 Å². The van der Waals surface area contributed by atoms with Crippen molar-refractivity contribution in [2.75, 3.05) is 0 Å². The van der Waals surface area contributed by atoms with Gasteiger partial charge in [0.05, 0.1) is 11.7 Å². The van der Waals surface area contributed by atoms with Gasteiger partial charge < -0.3 is 29.2 Å². The molecule has 0 radical (unpaired) electrons. The average molecular weight is 631 g/mol. The molecule has 2 aliphatic heterocycles. The number of ether oxygens (including phenoxy) is 4. The van der Waals surface area contributed by atoms with Crippen molar-refractivity contribution in [3.8, 4) is 0 Å². The Bertz CT molecular complexity index is 1240. The Kier molecular flexibility index (Phi) is 7.12. The summed E-state index contributed by atoms with van der Waals surface area (Å²) in [6.45, 7) is 18.8. The van der Waals surface area contributed by atoms with Gasteiger partial charge in [-0.15, -0.1) is 0 Å². The van der Waals surface area contributed by atoms with E-state index in [0.29, 0.717) is 11.8 Å². The minimum Gasteiger partial charge on any atom is -0.462 e. The molecule has 5 aliphatic carbocycles. The van der Waals surface area contributed by atoms with Crippen molar-refractivity contribution in [2.45, 2.75) is 163 Å². The molecule has 14 unspecified atom stereocenters. The first-order chi connectivity index (χ1) is 20.9. The predicted octanol–water partition coefficient (Wildman–Crippen LogP) is 5.80. The van der Waals surface area contributed by atoms with Crippen LogP contribution in [0.4, 0.5) is 0 Å². The summed E-state index contributed by atoms with van der Waals surface area (Å²) in [5.41, 5.74) is -0.441. The topological polar surface area (TPSA) is 115 Å². The van der Waals surface area contributed by atoms with E-state index in [1.54, 1.807) is 6.92 Å². The molecule has 45 heavy (non-hydrogen) atoms. The second kappa shape index (κ2) is 9.92. The van der Waals surface area contributed by atoms with Crippen LogP contribution in [-0.4, -0.2) is 64.6 Å². The molecule has 0 bridgehead atoms. The molecule has 2 N–H and O–H groups in total. The van der Waals surface area contributed by atoms with Crippen molar-refractivity contribution >= 4 is 11.9 Å². The van der Waals surface area contributed by atoms with Gasteiger partial charge in [0, 0.05) is 23.7 Å². The van der Waals surface area contributed by atoms with E-state index in [0.717, 1.165) is 57.8 Å². The minimum atomic E-state index is -1.13. The zero-order valence-corrected chi connectivity index (χ0v) is 29.1. The summed E-state index contributed by atoms with van der Waals surface area (Å²) < 4.78 is 24.6. The molecule has 0 spiro atoms. The minimum absolute atomic E-state index is 0.00598. The summed E-state index contributed by atoms with van der Waals surface area (Å²) >= 11 is 0. The highest BCUT2D eigenvalue weighted by Crippen LogP contribution is 2.91. The fourth-order valence-corrected chi connectivity index (χ4v) is 13.4. The number of carbonyl (C=O) groups is 2. The van der Waals surface area contributed by atoms with E-state index >= 15 is 0 Å². The summed E-state index contributed by atoms with van der Waals surface area (Å²) in [6, 6.07) is 0. The lowest BCUT2D eigenvalue weighted by atomic mass is 9.37. The number of fused-ring (bicyclic) bond motifs is 3. The maximum Gasteiger partial charge on any atom is 0.335 e. The van der Waals surface area contributed by atoms with E-state index in [9.17, 15) is 19.8 Å². The van der Waals surface area contributed by atoms with Crippen molar-refractivity contribution in [3.63, 3.8) is 0 Å². The molecule has 7 fully saturated rings. The fraction of sp³-hybridized carbons (Fsp3) is 0.946. The lowest BCUT2D eigenvalue weighted by Gasteiger charge is -2.68. The number of hydrogen-bond donors (Lipinski definition) is 2. The van der Waals surface area contributed by atoms with Gasteiger partial charge in [-0.2, -0.15) is 0 Å². The highest BCUT2D eigenvalue weighted by atomic mass is 16.7. The van der Waals surface area contributed by atoms with E-state index < -0.39 is 18.4 Å². The molecule has 0 aromatic carbocycles. The number of esters is 2. The summed E-state index contributed by atoms with van der Waals surface area (Å²) in [4.78, 5) is 25.7. The van der Waals surface area contributed by atoms with Crippen molar-refractivity contribution in [1.82, 2.24) is 0 Å². The number of aliphatic hydroxyl groups excluding tert-OH is 2. The lowest BCUT2D eigenvalue weighted by Crippen LogP contribution is -2.67. The summed E-state index contributed by atoms with van der Waals surface area (Å²) in [7, 11) is 0. The van der Waals surface area contributed by atoms with E-state index in [4.69, 9.17) is 18.9 Å². The smallest absolute Gasteiger partial charge is 0.335 e. The van der Waals surface area contributed by atoms with Crippen LogP contribution in [0.15, 0.2) is 0 Å². The van der Waals surface area contributed by atoms with Gasteiger partial charge in [-0.25, -0.2) is 4.79 Å². The second-order valence-electron chi connectivity index (χ2n) is 18.4. The molecule has 8 heteroatoms. The summed E-state index contributed by atoms with van der Waals surface area (Å²) in [5, 5.41) is 21.7. The van der Waals surface area contributed by atoms with Crippen molar-refractivity contribution in [1.29, 1.82) is 0 Å². The molecule has 0 aromatic rings. The van der Waals surface area contributed by atoms with Crippen LogP contribution in [0.3, 0.4) is 0 Å². The van der Waals surface area contributed by atoms with Gasteiger partial charge in [0.2, 0.25) is 0 Å². The van der Waals surface area contributed by atoms with E-state index in [2.05, 4.69) is 41.5 Å². The number of rotatable bonds is 6. The second-order valence-corrected chi connectivity index (χ2v) is 18.4. The first-order valence-electron chi connectivity index (χ1n) is 17.9. The molecule has 254 valence electrons. The SMILES string of the molecule is CC(=O)OC1CC2C(C)(C)C(OC(=O)C(O)C(C)C)CCC2(C)C2CCC34CC3(CCC4C3CC(C4OC4(C)C)OC3O)C12C. The van der Waals surface area contributed by atoms with Gasteiger partial charge in [0.25, 0.3) is 0 Å². The molecule has 7 aliphatic rings. The number of carbonyl (C=O) groups excluding carboxylic acids is 2. The quantitative estimate of drug-likeness (QED) is 0.280. The summed E-state index contributed by atoms with van der Waals surface area (Å²) in [5.74, 6) is 0.129. The predicted molar refractivity (Wildman–Crippen MR) is 166 cm³/mol. The standard InChI is InChI=1S/C37H58O8/c1-19(2)28(39)31(41)44-26-12-13-34(8)24-11-14-36-18-37(36,35(24,9)27(42-20(3)38)17-25(34)32(26,4)5)15-10-22(36)21-16-23(43-30(21)40)29-33(6,7)45-29/h19,21-30,39-40H,10-18H2,1-9H3. The molecule has 2 heterocycles. The van der Waals surface area contributed by atoms with E-state index in [1.165, 1.54) is 0 Å². The molecule has 0 amide bonds. The van der Waals surface area contributed by atoms with Crippen molar-refractivity contribution < 1.29 is 38.7 Å². The molecule has 0 aromatic heterocycles. The molecule has 5 saturated carbocycles. The van der Waals surface area contributed by atoms with Crippen LogP contribution in [0.1, 0.15) is 120 Å². The van der Waals surface area contributed by atoms with Crippen LogP contribution >= 0.6 is 0 Å². The Hall–Kier alpha value is -1.22. The first-order valence-corrected chi connectivity index (χ1v) is 17.9. The van der Waals surface area contributed by atoms with Crippen molar-refractivity contribution in [2.24, 2.45) is 56.7 Å². The third kappa shape index (κ3) is 4.22. The third-order valence-electron chi connectivity index (χ3n) is 15.6. The zero-order chi connectivity index (χ0) is 32.7. The third-order valence-corrected chi connectivity index (χ3v) is 15.6. The average Bonchev–Trinajstić information content (AvgIpc) is 3.70. The zero-order valence-electron chi connectivity index (χ0n) is 29.1. The molecule has 2 saturated heterocycles. The molecule has 14 atom stereocenters. The van der Waals surface area contributed by atoms with Gasteiger partial charge in [-0.05, 0) is 112 Å². The van der Waals surface area contributed by atoms with Gasteiger partial charge >= 0.3 is 11.9 Å². The van der Waals surface area contributed by atoms with Gasteiger partial charge in [-0.3, -0.25) is 4.79 Å². The normalized spacial score (nSPS) is 52.6. The van der Waals surface area contributed by atoms with Crippen LogP contribution in [0.2, 0.25) is 0 Å². The number of epoxide rings is 1. The fourth-order valence-electron chi connectivity index (χ4n) is 13.4. The Morgan fingerprint density at radius 3 is 2.20 bits per heavy atom. The number of aliphatic hydroxyl groups is 2. The van der Waals surface area contributed by atoms with E-state index in [1.807, 2.05) is 13.8 Å². The highest BCUT2D eigenvalue weighted by Gasteiger charge is 2.86. The number of hydrogen-bond acceptors (Lipinski definition) is 8. The molecular weight excluding hydrogens is 572 g/mol. The first kappa shape index (κ1) is 32.3. The molecule has 7 rings (SSSR count). The molecule has 8 nitrogen and oxygen atoms in total. The monoisotopic (exact) mass is 630 g/mol. The van der Waals surface area contributed by atoms with Gasteiger partial charge in [-0.1, -0.05) is 41.5 Å². The van der Waals surface area contributed by atoms with Crippen LogP contribution in [0, 0.1) is 56.7 Å². The van der Waals surface area contributed by atoms with Gasteiger partial charge in [0.1, 0.15) is 18.3 Å². The molecular formula is C37H58O8. The van der Waals surface area contributed by atoms with Crippen molar-refractivity contribution in [3.05, 3.63) is 0 Å². The highest BCUT2D eigenvalue weighted by molar-refractivity contribution is 5.75. The Morgan fingerprint density at radius 1 is 0.889 bits per heavy atom.